The molecule has 6 heteroatoms. The summed E-state index contributed by atoms with van der Waals surface area (Å²) in [6.07, 6.45) is 0.372. The van der Waals surface area contributed by atoms with Crippen LogP contribution in [0.15, 0.2) is 152 Å². The highest BCUT2D eigenvalue weighted by molar-refractivity contribution is 7.95. The molecule has 0 unspecified atom stereocenters. The second kappa shape index (κ2) is 14.7. The van der Waals surface area contributed by atoms with Gasteiger partial charge in [-0.2, -0.15) is 0 Å². The van der Waals surface area contributed by atoms with Gasteiger partial charge in [-0.25, -0.2) is 4.79 Å². The summed E-state index contributed by atoms with van der Waals surface area (Å²) in [7, 11) is -2.42. The van der Waals surface area contributed by atoms with Crippen LogP contribution in [0, 0.1) is 0 Å². The quantitative estimate of drug-likeness (QED) is 0.141. The van der Waals surface area contributed by atoms with Crippen LogP contribution in [-0.4, -0.2) is 24.1 Å². The summed E-state index contributed by atoms with van der Waals surface area (Å²) in [4.78, 5) is 27.3. The molecule has 0 radical (unpaired) electrons. The lowest BCUT2D eigenvalue weighted by molar-refractivity contribution is -0.146. The van der Waals surface area contributed by atoms with Crippen molar-refractivity contribution in [1.29, 1.82) is 0 Å². The highest BCUT2D eigenvalue weighted by atomic mass is 127. The van der Waals surface area contributed by atoms with E-state index >= 15 is 0 Å². The van der Waals surface area contributed by atoms with E-state index in [2.05, 4.69) is 41.7 Å². The number of esters is 1. The molecule has 0 aliphatic rings. The number of hydrogen-bond acceptors (Lipinski definition) is 3. The zero-order valence-corrected chi connectivity index (χ0v) is 25.5. The smallest absolute Gasteiger partial charge is 0.332 e. The number of rotatable bonds is 10. The van der Waals surface area contributed by atoms with E-state index in [4.69, 9.17) is 4.74 Å². The van der Waals surface area contributed by atoms with Gasteiger partial charge in [-0.05, 0) is 54.1 Å². The Hall–Kier alpha value is -3.80. The molecule has 0 saturated heterocycles. The number of benzene rings is 5. The van der Waals surface area contributed by atoms with Gasteiger partial charge in [0.1, 0.15) is 35.9 Å². The van der Waals surface area contributed by atoms with Crippen molar-refractivity contribution in [2.45, 2.75) is 12.6 Å². The summed E-state index contributed by atoms with van der Waals surface area (Å²) < 4.78 is 5.84. The zero-order valence-electron chi connectivity index (χ0n) is 22.5. The second-order valence-electron chi connectivity index (χ2n) is 9.48. The van der Waals surface area contributed by atoms with E-state index in [0.717, 1.165) is 21.5 Å². The van der Waals surface area contributed by atoms with Crippen LogP contribution >= 0.6 is 7.26 Å². The molecular weight excluding hydrogens is 640 g/mol. The molecule has 5 aromatic rings. The standard InChI is InChI=1S/C35H30NO3P.HI/c37-34(29-18-8-2-9-19-29)36-33(35(38)39-26-28-16-6-1-7-17-28)27-40(30-20-10-3-11-21-30,31-22-12-4-13-23-31)32-24-14-5-15-25-32;/h1-25,33H,26-27H2;1H/t33-;/m1./s1. The maximum Gasteiger partial charge on any atom is 0.332 e. The highest BCUT2D eigenvalue weighted by Gasteiger charge is 2.49. The van der Waals surface area contributed by atoms with E-state index in [1.54, 1.807) is 12.1 Å². The fraction of sp³-hybridized carbons (Fsp3) is 0.0857. The lowest BCUT2D eigenvalue weighted by Gasteiger charge is -2.30. The van der Waals surface area contributed by atoms with Gasteiger partial charge in [-0.1, -0.05) is 103 Å². The molecule has 1 amide bonds. The van der Waals surface area contributed by atoms with Crippen LogP contribution in [0.1, 0.15) is 15.9 Å². The molecule has 0 aliphatic heterocycles. The van der Waals surface area contributed by atoms with Crippen molar-refractivity contribution in [2.24, 2.45) is 0 Å². The molecule has 1 N–H and O–H groups in total. The third-order valence-electron chi connectivity index (χ3n) is 6.90. The highest BCUT2D eigenvalue weighted by Crippen LogP contribution is 2.55. The number of halogens is 1. The average Bonchev–Trinajstić information content (AvgIpc) is 3.04. The lowest BCUT2D eigenvalue weighted by Crippen LogP contribution is -3.00. The molecule has 5 rings (SSSR count). The molecule has 0 saturated carbocycles. The Kier molecular flexibility index (Phi) is 10.8. The molecule has 0 bridgehead atoms. The Morgan fingerprint density at radius 1 is 0.585 bits per heavy atom. The van der Waals surface area contributed by atoms with Crippen LogP contribution in [0.4, 0.5) is 0 Å². The van der Waals surface area contributed by atoms with E-state index in [9.17, 15) is 9.59 Å². The number of ether oxygens (including phenoxy) is 1. The maximum absolute atomic E-state index is 13.8. The first-order chi connectivity index (χ1) is 19.7. The summed E-state index contributed by atoms with van der Waals surface area (Å²) in [5, 5.41) is 6.43. The Morgan fingerprint density at radius 2 is 0.976 bits per heavy atom. The molecule has 0 fully saturated rings. The van der Waals surface area contributed by atoms with E-state index in [-0.39, 0.29) is 36.5 Å². The summed E-state index contributed by atoms with van der Waals surface area (Å²) in [5.41, 5.74) is 1.38. The fourth-order valence-electron chi connectivity index (χ4n) is 4.92. The maximum atomic E-state index is 13.8. The van der Waals surface area contributed by atoms with Crippen molar-refractivity contribution in [1.82, 2.24) is 5.32 Å². The van der Waals surface area contributed by atoms with Crippen molar-refractivity contribution in [3.8, 4) is 0 Å². The Labute approximate surface area is 259 Å². The predicted octanol–water partition coefficient (Wildman–Crippen LogP) is 2.53. The minimum absolute atomic E-state index is 0. The van der Waals surface area contributed by atoms with Crippen LogP contribution < -0.4 is 45.2 Å². The average molecular weight is 672 g/mol. The Bertz CT molecular complexity index is 1420. The lowest BCUT2D eigenvalue weighted by atomic mass is 10.2. The summed E-state index contributed by atoms with van der Waals surface area (Å²) in [6, 6.07) is 48.6. The van der Waals surface area contributed by atoms with Gasteiger partial charge in [0.15, 0.2) is 6.04 Å². The fourth-order valence-corrected chi connectivity index (χ4v) is 9.28. The van der Waals surface area contributed by atoms with Gasteiger partial charge >= 0.3 is 5.97 Å². The van der Waals surface area contributed by atoms with E-state index < -0.39 is 19.3 Å². The normalized spacial score (nSPS) is 11.5. The van der Waals surface area contributed by atoms with Crippen LogP contribution in [0.5, 0.6) is 0 Å². The van der Waals surface area contributed by atoms with E-state index in [1.165, 1.54) is 0 Å². The molecule has 0 aromatic heterocycles. The molecule has 4 nitrogen and oxygen atoms in total. The third-order valence-corrected chi connectivity index (χ3v) is 11.3. The van der Waals surface area contributed by atoms with Gasteiger partial charge < -0.3 is 34.0 Å². The first-order valence-electron chi connectivity index (χ1n) is 13.3. The van der Waals surface area contributed by atoms with Gasteiger partial charge in [-0.15, -0.1) is 0 Å². The molecule has 0 heterocycles. The molecule has 0 aliphatic carbocycles. The number of nitrogens with one attached hydrogen (secondary N) is 1. The molecule has 0 spiro atoms. The third kappa shape index (κ3) is 7.29. The van der Waals surface area contributed by atoms with Crippen LogP contribution in [0.2, 0.25) is 0 Å². The molecule has 206 valence electrons. The van der Waals surface area contributed by atoms with Gasteiger partial charge in [0, 0.05) is 5.56 Å². The van der Waals surface area contributed by atoms with Crippen LogP contribution in [-0.2, 0) is 16.1 Å². The Morgan fingerprint density at radius 3 is 1.41 bits per heavy atom. The summed E-state index contributed by atoms with van der Waals surface area (Å²) in [6.45, 7) is 0.130. The molecule has 41 heavy (non-hydrogen) atoms. The van der Waals surface area contributed by atoms with Crippen LogP contribution in [0.3, 0.4) is 0 Å². The van der Waals surface area contributed by atoms with Crippen molar-refractivity contribution in [3.05, 3.63) is 163 Å². The van der Waals surface area contributed by atoms with Gasteiger partial charge in [0.25, 0.3) is 5.91 Å². The van der Waals surface area contributed by atoms with Crippen LogP contribution in [0.25, 0.3) is 0 Å². The topological polar surface area (TPSA) is 55.4 Å². The van der Waals surface area contributed by atoms with Crippen molar-refractivity contribution in [2.75, 3.05) is 6.16 Å². The number of amides is 1. The zero-order chi connectivity index (χ0) is 27.6. The van der Waals surface area contributed by atoms with Gasteiger partial charge in [-0.3, -0.25) is 4.79 Å². The van der Waals surface area contributed by atoms with Gasteiger partial charge in [0.05, 0.1) is 0 Å². The number of carbonyl (C=O) groups is 2. The van der Waals surface area contributed by atoms with Crippen molar-refractivity contribution >= 4 is 35.1 Å². The SMILES string of the molecule is O=C(N[C@H](C[P+](c1ccccc1)(c1ccccc1)c1ccccc1)C(=O)OCc1ccccc1)c1ccccc1.[I-]. The monoisotopic (exact) mass is 671 g/mol. The minimum Gasteiger partial charge on any atom is -1.00 e. The minimum atomic E-state index is -2.42. The largest absolute Gasteiger partial charge is 1.00 e. The van der Waals surface area contributed by atoms with Crippen molar-refractivity contribution < 1.29 is 38.3 Å². The molecule has 5 aromatic carbocycles. The summed E-state index contributed by atoms with van der Waals surface area (Å²) in [5.74, 6) is -0.769. The molecule has 1 atom stereocenters. The number of hydrogen-bond donors (Lipinski definition) is 1. The second-order valence-corrected chi connectivity index (χ2v) is 13.0. The van der Waals surface area contributed by atoms with E-state index in [0.29, 0.717) is 11.7 Å². The van der Waals surface area contributed by atoms with Crippen molar-refractivity contribution in [3.63, 3.8) is 0 Å². The van der Waals surface area contributed by atoms with Gasteiger partial charge in [0.2, 0.25) is 0 Å². The Balaban J connectivity index is 0.00000387. The molecular formula is C35H31INO3P. The first-order valence-corrected chi connectivity index (χ1v) is 15.3. The summed E-state index contributed by atoms with van der Waals surface area (Å²) >= 11 is 0. The predicted molar refractivity (Wildman–Crippen MR) is 164 cm³/mol. The van der Waals surface area contributed by atoms with E-state index in [1.807, 2.05) is 103 Å². The first kappa shape index (κ1) is 30.2. The number of carbonyl (C=O) groups excluding carboxylic acids is 2.